The van der Waals surface area contributed by atoms with Crippen molar-refractivity contribution in [3.63, 3.8) is 0 Å². The van der Waals surface area contributed by atoms with Gasteiger partial charge in [-0.25, -0.2) is 14.4 Å². The monoisotopic (exact) mass is 323 g/mol. The molecule has 24 heavy (non-hydrogen) atoms. The zero-order valence-electron chi connectivity index (χ0n) is 13.2. The van der Waals surface area contributed by atoms with Gasteiger partial charge >= 0.3 is 0 Å². The van der Waals surface area contributed by atoms with Gasteiger partial charge in [0, 0.05) is 11.8 Å². The Hall–Kier alpha value is -2.79. The number of aromatic nitrogens is 2. The second-order valence-corrected chi connectivity index (χ2v) is 5.56. The third-order valence-electron chi connectivity index (χ3n) is 3.75. The summed E-state index contributed by atoms with van der Waals surface area (Å²) >= 11 is 0. The van der Waals surface area contributed by atoms with E-state index in [1.54, 1.807) is 24.4 Å². The van der Waals surface area contributed by atoms with E-state index in [9.17, 15) is 9.50 Å². The predicted molar refractivity (Wildman–Crippen MR) is 91.9 cm³/mol. The molecule has 1 aromatic heterocycles. The van der Waals surface area contributed by atoms with Gasteiger partial charge in [0.15, 0.2) is 5.82 Å². The summed E-state index contributed by atoms with van der Waals surface area (Å²) in [5.41, 5.74) is 1.57. The third-order valence-corrected chi connectivity index (χ3v) is 3.75. The Morgan fingerprint density at radius 2 is 1.71 bits per heavy atom. The molecule has 0 aliphatic rings. The zero-order valence-corrected chi connectivity index (χ0v) is 13.2. The average Bonchev–Trinajstić information content (AvgIpc) is 2.63. The molecule has 2 aromatic carbocycles. The van der Waals surface area contributed by atoms with E-state index in [4.69, 9.17) is 0 Å². The van der Waals surface area contributed by atoms with Crippen LogP contribution in [-0.2, 0) is 0 Å². The van der Waals surface area contributed by atoms with Crippen molar-refractivity contribution in [3.8, 4) is 11.4 Å². The van der Waals surface area contributed by atoms with Gasteiger partial charge < -0.3 is 10.4 Å². The lowest BCUT2D eigenvalue weighted by atomic mass is 10.0. The number of anilines is 1. The van der Waals surface area contributed by atoms with Gasteiger partial charge in [0.25, 0.3) is 0 Å². The highest BCUT2D eigenvalue weighted by Gasteiger charge is 2.17. The zero-order chi connectivity index (χ0) is 16.9. The summed E-state index contributed by atoms with van der Waals surface area (Å²) in [6.07, 6.45) is 0.898. The van der Waals surface area contributed by atoms with Crippen LogP contribution in [0.3, 0.4) is 0 Å². The van der Waals surface area contributed by atoms with Crippen LogP contribution in [0.2, 0.25) is 0 Å². The van der Waals surface area contributed by atoms with Crippen LogP contribution in [0.5, 0.6) is 0 Å². The molecule has 3 aromatic rings. The van der Waals surface area contributed by atoms with Gasteiger partial charge in [0.05, 0.1) is 12.1 Å². The van der Waals surface area contributed by atoms with Crippen LogP contribution in [0.25, 0.3) is 11.4 Å². The molecule has 0 aliphatic heterocycles. The fraction of sp³-hybridized carbons (Fsp3) is 0.158. The summed E-state index contributed by atoms with van der Waals surface area (Å²) in [6, 6.07) is 17.0. The first kappa shape index (κ1) is 16.1. The molecule has 0 spiro atoms. The summed E-state index contributed by atoms with van der Waals surface area (Å²) in [6.45, 7) is 1.85. The van der Waals surface area contributed by atoms with Gasteiger partial charge in [-0.05, 0) is 30.7 Å². The Labute approximate surface area is 140 Å². The number of rotatable bonds is 5. The second-order valence-electron chi connectivity index (χ2n) is 5.56. The Morgan fingerprint density at radius 1 is 1.00 bits per heavy atom. The number of hydrogen-bond donors (Lipinski definition) is 2. The maximum absolute atomic E-state index is 13.0. The minimum Gasteiger partial charge on any atom is -0.386 e. The largest absolute Gasteiger partial charge is 0.386 e. The second kappa shape index (κ2) is 7.19. The number of nitrogens with one attached hydrogen (secondary N) is 1. The minimum absolute atomic E-state index is 0.297. The van der Waals surface area contributed by atoms with Crippen molar-refractivity contribution in [3.05, 3.63) is 78.2 Å². The van der Waals surface area contributed by atoms with Crippen LogP contribution in [-0.4, -0.2) is 21.1 Å². The average molecular weight is 323 g/mol. The molecule has 0 unspecified atom stereocenters. The normalized spacial score (nSPS) is 13.3. The maximum atomic E-state index is 13.0. The molecule has 2 atom stereocenters. The van der Waals surface area contributed by atoms with Crippen molar-refractivity contribution in [1.29, 1.82) is 0 Å². The van der Waals surface area contributed by atoms with Crippen LogP contribution < -0.4 is 5.32 Å². The minimum atomic E-state index is -0.777. The molecule has 3 rings (SSSR count). The van der Waals surface area contributed by atoms with Crippen LogP contribution in [0.4, 0.5) is 10.2 Å². The summed E-state index contributed by atoms with van der Waals surface area (Å²) < 4.78 is 13.0. The third kappa shape index (κ3) is 3.75. The number of hydrogen-bond acceptors (Lipinski definition) is 4. The summed E-state index contributed by atoms with van der Waals surface area (Å²) in [5, 5.41) is 13.6. The van der Waals surface area contributed by atoms with E-state index in [1.165, 1.54) is 12.1 Å². The summed E-state index contributed by atoms with van der Waals surface area (Å²) in [5.74, 6) is 0.913. The number of halogens is 1. The Kier molecular flexibility index (Phi) is 4.82. The van der Waals surface area contributed by atoms with E-state index in [0.717, 1.165) is 5.56 Å². The predicted octanol–water partition coefficient (Wildman–Crippen LogP) is 3.82. The molecule has 122 valence electrons. The molecule has 0 radical (unpaired) electrons. The van der Waals surface area contributed by atoms with Crippen molar-refractivity contribution in [2.24, 2.45) is 0 Å². The Balaban J connectivity index is 1.74. The first-order chi connectivity index (χ1) is 11.6. The lowest BCUT2D eigenvalue weighted by Gasteiger charge is -2.21. The van der Waals surface area contributed by atoms with Crippen LogP contribution in [0.15, 0.2) is 66.9 Å². The smallest absolute Gasteiger partial charge is 0.161 e. The molecule has 0 aliphatic carbocycles. The van der Waals surface area contributed by atoms with E-state index >= 15 is 0 Å². The Bertz CT molecular complexity index is 793. The Morgan fingerprint density at radius 3 is 2.42 bits per heavy atom. The van der Waals surface area contributed by atoms with Crippen molar-refractivity contribution in [2.45, 2.75) is 19.1 Å². The highest BCUT2D eigenvalue weighted by Crippen LogP contribution is 2.21. The van der Waals surface area contributed by atoms with Gasteiger partial charge in [-0.15, -0.1) is 0 Å². The molecule has 0 saturated heterocycles. The molecule has 5 heteroatoms. The van der Waals surface area contributed by atoms with Crippen molar-refractivity contribution in [2.75, 3.05) is 5.32 Å². The molecular weight excluding hydrogens is 305 g/mol. The van der Waals surface area contributed by atoms with E-state index in [1.807, 2.05) is 37.3 Å². The van der Waals surface area contributed by atoms with Crippen LogP contribution >= 0.6 is 0 Å². The van der Waals surface area contributed by atoms with Gasteiger partial charge in [0.1, 0.15) is 11.6 Å². The SMILES string of the molecule is C[C@H](Nc1ccnc(-c2ccccc2)n1)[C@@H](O)c1ccc(F)cc1. The molecule has 0 bridgehead atoms. The molecule has 1 heterocycles. The first-order valence-corrected chi connectivity index (χ1v) is 7.72. The van der Waals surface area contributed by atoms with Crippen LogP contribution in [0.1, 0.15) is 18.6 Å². The van der Waals surface area contributed by atoms with E-state index < -0.39 is 6.10 Å². The summed E-state index contributed by atoms with van der Waals surface area (Å²) in [4.78, 5) is 8.75. The number of nitrogens with zero attached hydrogens (tertiary/aromatic N) is 2. The summed E-state index contributed by atoms with van der Waals surface area (Å²) in [7, 11) is 0. The number of aliphatic hydroxyl groups is 1. The van der Waals surface area contributed by atoms with E-state index in [-0.39, 0.29) is 11.9 Å². The molecule has 0 fully saturated rings. The fourth-order valence-corrected chi connectivity index (χ4v) is 2.43. The molecule has 4 nitrogen and oxygen atoms in total. The van der Waals surface area contributed by atoms with E-state index in [2.05, 4.69) is 15.3 Å². The van der Waals surface area contributed by atoms with Gasteiger partial charge in [-0.3, -0.25) is 0 Å². The number of benzene rings is 2. The van der Waals surface area contributed by atoms with Gasteiger partial charge in [0.2, 0.25) is 0 Å². The highest BCUT2D eigenvalue weighted by molar-refractivity contribution is 5.56. The standard InChI is InChI=1S/C19H18FN3O/c1-13(18(24)14-7-9-16(20)10-8-14)22-17-11-12-21-19(23-17)15-5-3-2-4-6-15/h2-13,18,24H,1H3,(H,21,22,23)/t13-,18+/m0/s1. The first-order valence-electron chi connectivity index (χ1n) is 7.72. The topological polar surface area (TPSA) is 58.0 Å². The maximum Gasteiger partial charge on any atom is 0.161 e. The lowest BCUT2D eigenvalue weighted by Crippen LogP contribution is -2.24. The fourth-order valence-electron chi connectivity index (χ4n) is 2.43. The molecular formula is C19H18FN3O. The van der Waals surface area contributed by atoms with Crippen LogP contribution in [0, 0.1) is 5.82 Å². The number of aliphatic hydroxyl groups excluding tert-OH is 1. The van der Waals surface area contributed by atoms with Gasteiger partial charge in [-0.1, -0.05) is 42.5 Å². The molecule has 0 saturated carbocycles. The quantitative estimate of drug-likeness (QED) is 0.749. The van der Waals surface area contributed by atoms with Crippen molar-refractivity contribution < 1.29 is 9.50 Å². The lowest BCUT2D eigenvalue weighted by molar-refractivity contribution is 0.160. The van der Waals surface area contributed by atoms with Crippen molar-refractivity contribution >= 4 is 5.82 Å². The molecule has 0 amide bonds. The molecule has 2 N–H and O–H groups in total. The highest BCUT2D eigenvalue weighted by atomic mass is 19.1. The van der Waals surface area contributed by atoms with Crippen molar-refractivity contribution in [1.82, 2.24) is 9.97 Å². The van der Waals surface area contributed by atoms with Gasteiger partial charge in [-0.2, -0.15) is 0 Å². The van der Waals surface area contributed by atoms with E-state index in [0.29, 0.717) is 17.2 Å².